The van der Waals surface area contributed by atoms with Gasteiger partial charge in [-0.25, -0.2) is 4.79 Å². The van der Waals surface area contributed by atoms with E-state index in [1.165, 1.54) is 12.4 Å². The van der Waals surface area contributed by atoms with Crippen LogP contribution in [0.25, 0.3) is 0 Å². The summed E-state index contributed by atoms with van der Waals surface area (Å²) in [7, 11) is 2.15. The largest absolute Gasteiger partial charge is 0.500 e. The Morgan fingerprint density at radius 3 is 2.50 bits per heavy atom. The maximum atomic E-state index is 11.5. The van der Waals surface area contributed by atoms with E-state index in [9.17, 15) is 4.79 Å². The van der Waals surface area contributed by atoms with Crippen LogP contribution in [0.5, 0.6) is 0 Å². The Kier molecular flexibility index (Phi) is 5.91. The molecule has 0 aliphatic rings. The highest BCUT2D eigenvalue weighted by Crippen LogP contribution is 2.14. The summed E-state index contributed by atoms with van der Waals surface area (Å²) in [5.41, 5.74) is 0. The Morgan fingerprint density at radius 1 is 1.33 bits per heavy atom. The standard InChI is InChI=1S/C9H18N4O4Si/c1-15-18(16-2,17-3)8-4-5-10-9(14)13-7-6-11-12-13/h6-7H,4-5,8H2,1-3H3,(H,10,14). The molecule has 1 aromatic rings. The highest BCUT2D eigenvalue weighted by atomic mass is 28.4. The van der Waals surface area contributed by atoms with Crippen molar-refractivity contribution in [3.63, 3.8) is 0 Å². The second-order valence-corrected chi connectivity index (χ2v) is 6.57. The maximum Gasteiger partial charge on any atom is 0.500 e. The third-order valence-corrected chi connectivity index (χ3v) is 5.33. The molecule has 0 aliphatic heterocycles. The van der Waals surface area contributed by atoms with Crippen LogP contribution in [0, 0.1) is 0 Å². The number of carbonyl (C=O) groups is 1. The Morgan fingerprint density at radius 2 is 2.00 bits per heavy atom. The molecule has 0 atom stereocenters. The van der Waals surface area contributed by atoms with Gasteiger partial charge in [0.25, 0.3) is 0 Å². The van der Waals surface area contributed by atoms with Crippen LogP contribution in [0.4, 0.5) is 4.79 Å². The van der Waals surface area contributed by atoms with Gasteiger partial charge in [0.1, 0.15) is 0 Å². The van der Waals surface area contributed by atoms with Gasteiger partial charge < -0.3 is 18.6 Å². The molecule has 102 valence electrons. The molecule has 0 saturated heterocycles. The molecule has 0 aliphatic carbocycles. The third-order valence-electron chi connectivity index (χ3n) is 2.50. The number of amides is 1. The lowest BCUT2D eigenvalue weighted by Crippen LogP contribution is -2.43. The fraction of sp³-hybridized carbons (Fsp3) is 0.667. The van der Waals surface area contributed by atoms with Gasteiger partial charge in [-0.15, -0.1) is 5.10 Å². The lowest BCUT2D eigenvalue weighted by Gasteiger charge is -2.24. The minimum atomic E-state index is -2.54. The lowest BCUT2D eigenvalue weighted by atomic mass is 10.5. The molecule has 0 saturated carbocycles. The summed E-state index contributed by atoms with van der Waals surface area (Å²) in [6, 6.07) is 0.320. The molecule has 0 unspecified atom stereocenters. The van der Waals surface area contributed by atoms with Crippen molar-refractivity contribution in [2.24, 2.45) is 0 Å². The van der Waals surface area contributed by atoms with Gasteiger partial charge in [0.05, 0.1) is 12.4 Å². The van der Waals surface area contributed by atoms with Crippen LogP contribution in [-0.2, 0) is 13.3 Å². The summed E-state index contributed by atoms with van der Waals surface area (Å²) in [4.78, 5) is 11.5. The number of nitrogens with one attached hydrogen (secondary N) is 1. The van der Waals surface area contributed by atoms with Crippen molar-refractivity contribution in [2.45, 2.75) is 12.5 Å². The van der Waals surface area contributed by atoms with Gasteiger partial charge in [0.15, 0.2) is 0 Å². The number of nitrogens with zero attached hydrogens (tertiary/aromatic N) is 3. The average molecular weight is 274 g/mol. The van der Waals surface area contributed by atoms with Crippen LogP contribution in [0.3, 0.4) is 0 Å². The molecule has 1 aromatic heterocycles. The molecule has 9 heteroatoms. The van der Waals surface area contributed by atoms with Crippen molar-refractivity contribution < 1.29 is 18.1 Å². The predicted molar refractivity (Wildman–Crippen MR) is 65.0 cm³/mol. The first-order valence-corrected chi connectivity index (χ1v) is 7.40. The van der Waals surface area contributed by atoms with E-state index in [1.54, 1.807) is 21.3 Å². The zero-order valence-electron chi connectivity index (χ0n) is 10.8. The van der Waals surface area contributed by atoms with Crippen LogP contribution in [0.15, 0.2) is 12.4 Å². The zero-order valence-corrected chi connectivity index (χ0v) is 11.8. The molecule has 0 aromatic carbocycles. The fourth-order valence-corrected chi connectivity index (χ4v) is 3.18. The quantitative estimate of drug-likeness (QED) is 0.560. The highest BCUT2D eigenvalue weighted by Gasteiger charge is 2.36. The van der Waals surface area contributed by atoms with Crippen LogP contribution in [-0.4, -0.2) is 57.7 Å². The first-order valence-electron chi connectivity index (χ1n) is 5.47. The number of hydrogen-bond acceptors (Lipinski definition) is 6. The number of hydrogen-bond donors (Lipinski definition) is 1. The van der Waals surface area contributed by atoms with E-state index >= 15 is 0 Å². The van der Waals surface area contributed by atoms with Crippen LogP contribution >= 0.6 is 0 Å². The first-order chi connectivity index (χ1) is 8.67. The monoisotopic (exact) mass is 274 g/mol. The van der Waals surface area contributed by atoms with Gasteiger partial charge in [-0.05, 0) is 6.42 Å². The second-order valence-electron chi connectivity index (χ2n) is 3.48. The zero-order chi connectivity index (χ0) is 13.4. The van der Waals surface area contributed by atoms with Crippen molar-refractivity contribution in [1.82, 2.24) is 20.3 Å². The summed E-state index contributed by atoms with van der Waals surface area (Å²) < 4.78 is 16.9. The van der Waals surface area contributed by atoms with Gasteiger partial charge >= 0.3 is 14.8 Å². The predicted octanol–water partition coefficient (Wildman–Crippen LogP) is 0.104. The van der Waals surface area contributed by atoms with Crippen molar-refractivity contribution in [1.29, 1.82) is 0 Å². The summed E-state index contributed by atoms with van der Waals surface area (Å²) in [5, 5.41) is 9.84. The highest BCUT2D eigenvalue weighted by molar-refractivity contribution is 6.60. The minimum absolute atomic E-state index is 0.313. The van der Waals surface area contributed by atoms with Gasteiger partial charge in [0.2, 0.25) is 0 Å². The molecule has 1 N–H and O–H groups in total. The van der Waals surface area contributed by atoms with Crippen LogP contribution in [0.2, 0.25) is 6.04 Å². The second kappa shape index (κ2) is 7.21. The number of rotatable bonds is 7. The Hall–Kier alpha value is -1.29. The van der Waals surface area contributed by atoms with E-state index in [1.807, 2.05) is 0 Å². The van der Waals surface area contributed by atoms with E-state index < -0.39 is 8.80 Å². The summed E-state index contributed by atoms with van der Waals surface area (Å²) in [6.07, 6.45) is 3.62. The molecular weight excluding hydrogens is 256 g/mol. The van der Waals surface area contributed by atoms with Gasteiger partial charge in [0, 0.05) is 33.9 Å². The molecule has 1 rings (SSSR count). The minimum Gasteiger partial charge on any atom is -0.377 e. The van der Waals surface area contributed by atoms with E-state index in [0.717, 1.165) is 4.68 Å². The Labute approximate surface area is 107 Å². The van der Waals surface area contributed by atoms with Crippen LogP contribution < -0.4 is 5.32 Å². The van der Waals surface area contributed by atoms with E-state index in [2.05, 4.69) is 15.6 Å². The van der Waals surface area contributed by atoms with E-state index in [4.69, 9.17) is 13.3 Å². The smallest absolute Gasteiger partial charge is 0.377 e. The molecule has 0 spiro atoms. The normalized spacial score (nSPS) is 11.5. The SMILES string of the molecule is CO[Si](CCCNC(=O)n1ccnn1)(OC)OC. The molecule has 8 nitrogen and oxygen atoms in total. The Bertz CT molecular complexity index is 347. The van der Waals surface area contributed by atoms with Crippen molar-refractivity contribution >= 4 is 14.8 Å². The number of carbonyl (C=O) groups excluding carboxylic acids is 1. The van der Waals surface area contributed by atoms with Gasteiger partial charge in [-0.2, -0.15) is 4.68 Å². The topological polar surface area (TPSA) is 87.5 Å². The van der Waals surface area contributed by atoms with Crippen molar-refractivity contribution in [3.05, 3.63) is 12.4 Å². The molecule has 18 heavy (non-hydrogen) atoms. The maximum absolute atomic E-state index is 11.5. The lowest BCUT2D eigenvalue weighted by molar-refractivity contribution is 0.123. The van der Waals surface area contributed by atoms with Gasteiger partial charge in [-0.3, -0.25) is 0 Å². The van der Waals surface area contributed by atoms with E-state index in [0.29, 0.717) is 19.0 Å². The molecule has 0 bridgehead atoms. The van der Waals surface area contributed by atoms with Crippen LogP contribution in [0.1, 0.15) is 6.42 Å². The first kappa shape index (κ1) is 14.8. The summed E-state index contributed by atoms with van der Waals surface area (Å²) >= 11 is 0. The average Bonchev–Trinajstić information content (AvgIpc) is 2.94. The Balaban J connectivity index is 2.28. The van der Waals surface area contributed by atoms with Crippen molar-refractivity contribution in [2.75, 3.05) is 27.9 Å². The van der Waals surface area contributed by atoms with E-state index in [-0.39, 0.29) is 6.03 Å². The molecule has 0 radical (unpaired) electrons. The molecule has 0 fully saturated rings. The molecule has 1 heterocycles. The summed E-state index contributed by atoms with van der Waals surface area (Å²) in [5.74, 6) is 0. The summed E-state index contributed by atoms with van der Waals surface area (Å²) in [6.45, 7) is 0.490. The molecular formula is C9H18N4O4Si. The van der Waals surface area contributed by atoms with Crippen molar-refractivity contribution in [3.8, 4) is 0 Å². The third kappa shape index (κ3) is 3.87. The fourth-order valence-electron chi connectivity index (χ4n) is 1.45. The van der Waals surface area contributed by atoms with Gasteiger partial charge in [-0.1, -0.05) is 5.21 Å². The number of aromatic nitrogens is 3. The molecule has 1 amide bonds.